The zero-order valence-corrected chi connectivity index (χ0v) is 12.4. The van der Waals surface area contributed by atoms with Crippen LogP contribution in [-0.4, -0.2) is 28.9 Å². The van der Waals surface area contributed by atoms with Gasteiger partial charge >= 0.3 is 0 Å². The van der Waals surface area contributed by atoms with Crippen LogP contribution in [0.25, 0.3) is 10.8 Å². The van der Waals surface area contributed by atoms with Gasteiger partial charge in [-0.3, -0.25) is 4.79 Å². The number of pyridine rings is 1. The Morgan fingerprint density at radius 1 is 1.47 bits per heavy atom. The molecule has 0 aliphatic rings. The van der Waals surface area contributed by atoms with Crippen molar-refractivity contribution in [1.82, 2.24) is 10.3 Å². The first-order chi connectivity index (χ1) is 9.11. The van der Waals surface area contributed by atoms with Gasteiger partial charge in [-0.25, -0.2) is 4.98 Å². The molecule has 1 amide bonds. The highest BCUT2D eigenvalue weighted by molar-refractivity contribution is 7.99. The van der Waals surface area contributed by atoms with Crippen molar-refractivity contribution in [3.63, 3.8) is 0 Å². The van der Waals surface area contributed by atoms with Gasteiger partial charge in [0.25, 0.3) is 5.91 Å². The number of hydrogen-bond acceptors (Lipinski definition) is 3. The summed E-state index contributed by atoms with van der Waals surface area (Å²) in [6.07, 6.45) is 2.02. The van der Waals surface area contributed by atoms with Gasteiger partial charge in [0.2, 0.25) is 0 Å². The Morgan fingerprint density at radius 3 is 2.95 bits per heavy atom. The van der Waals surface area contributed by atoms with Crippen LogP contribution in [0, 0.1) is 0 Å². The molecule has 0 aliphatic heterocycles. The normalized spacial score (nSPS) is 12.4. The van der Waals surface area contributed by atoms with Crippen molar-refractivity contribution in [2.45, 2.75) is 12.2 Å². The van der Waals surface area contributed by atoms with Gasteiger partial charge in [0, 0.05) is 17.2 Å². The lowest BCUT2D eigenvalue weighted by Crippen LogP contribution is -2.30. The lowest BCUT2D eigenvalue weighted by molar-refractivity contribution is 0.0949. The number of amides is 1. The molecule has 1 aromatic carbocycles. The average molecular weight is 295 g/mol. The number of thioether (sulfide) groups is 1. The van der Waals surface area contributed by atoms with E-state index in [-0.39, 0.29) is 5.91 Å². The summed E-state index contributed by atoms with van der Waals surface area (Å²) in [4.78, 5) is 16.2. The minimum absolute atomic E-state index is 0.187. The molecule has 1 N–H and O–H groups in total. The molecule has 1 heterocycles. The van der Waals surface area contributed by atoms with Gasteiger partial charge in [-0.1, -0.05) is 42.8 Å². The quantitative estimate of drug-likeness (QED) is 0.879. The highest BCUT2D eigenvalue weighted by Crippen LogP contribution is 2.22. The fraction of sp³-hybridized carbons (Fsp3) is 0.286. The molecule has 1 unspecified atom stereocenters. The number of nitrogens with zero attached hydrogens (tertiary/aromatic N) is 1. The molecule has 0 saturated heterocycles. The van der Waals surface area contributed by atoms with E-state index in [4.69, 9.17) is 11.6 Å². The molecule has 0 spiro atoms. The van der Waals surface area contributed by atoms with E-state index in [0.29, 0.717) is 22.6 Å². The molecule has 0 aliphatic carbocycles. The maximum Gasteiger partial charge on any atom is 0.270 e. The summed E-state index contributed by atoms with van der Waals surface area (Å²) in [5.41, 5.74) is 0.358. The largest absolute Gasteiger partial charge is 0.350 e. The number of halogens is 1. The number of benzene rings is 1. The van der Waals surface area contributed by atoms with E-state index in [0.717, 1.165) is 10.8 Å². The summed E-state index contributed by atoms with van der Waals surface area (Å²) in [6, 6.07) is 9.39. The van der Waals surface area contributed by atoms with E-state index in [1.54, 1.807) is 17.8 Å². The number of rotatable bonds is 4. The maximum atomic E-state index is 12.0. The minimum atomic E-state index is -0.187. The van der Waals surface area contributed by atoms with E-state index >= 15 is 0 Å². The van der Waals surface area contributed by atoms with Crippen LogP contribution < -0.4 is 5.32 Å². The Bertz CT molecular complexity index is 603. The van der Waals surface area contributed by atoms with Crippen molar-refractivity contribution >= 4 is 40.0 Å². The van der Waals surface area contributed by atoms with Crippen LogP contribution in [0.4, 0.5) is 0 Å². The number of nitrogens with one attached hydrogen (secondary N) is 1. The lowest BCUT2D eigenvalue weighted by atomic mass is 10.1. The molecule has 0 bridgehead atoms. The Morgan fingerprint density at radius 2 is 2.21 bits per heavy atom. The van der Waals surface area contributed by atoms with Crippen molar-refractivity contribution < 1.29 is 4.79 Å². The number of aromatic nitrogens is 1. The SMILES string of the molecule is CSC(C)CNC(=O)c1cc2ccccc2c(Cl)n1. The molecule has 19 heavy (non-hydrogen) atoms. The summed E-state index contributed by atoms with van der Waals surface area (Å²) in [5, 5.41) is 5.38. The monoisotopic (exact) mass is 294 g/mol. The van der Waals surface area contributed by atoms with Gasteiger partial charge in [0.05, 0.1) is 0 Å². The van der Waals surface area contributed by atoms with Gasteiger partial charge < -0.3 is 5.32 Å². The third-order valence-corrected chi connectivity index (χ3v) is 4.14. The Kier molecular flexibility index (Phi) is 4.66. The second-order valence-corrected chi connectivity index (χ2v) is 5.91. The number of hydrogen-bond donors (Lipinski definition) is 1. The fourth-order valence-electron chi connectivity index (χ4n) is 1.68. The Labute approximate surface area is 121 Å². The van der Waals surface area contributed by atoms with Crippen molar-refractivity contribution in [1.29, 1.82) is 0 Å². The van der Waals surface area contributed by atoms with Crippen LogP contribution in [0.3, 0.4) is 0 Å². The maximum absolute atomic E-state index is 12.0. The smallest absolute Gasteiger partial charge is 0.270 e. The van der Waals surface area contributed by atoms with Gasteiger partial charge in [0.15, 0.2) is 0 Å². The van der Waals surface area contributed by atoms with Crippen LogP contribution in [0.15, 0.2) is 30.3 Å². The molecule has 1 aromatic heterocycles. The van der Waals surface area contributed by atoms with Crippen LogP contribution >= 0.6 is 23.4 Å². The second kappa shape index (κ2) is 6.26. The number of carbonyl (C=O) groups excluding carboxylic acids is 1. The Hall–Kier alpha value is -1.26. The van der Waals surface area contributed by atoms with Gasteiger partial charge in [-0.2, -0.15) is 11.8 Å². The molecule has 3 nitrogen and oxygen atoms in total. The van der Waals surface area contributed by atoms with E-state index < -0.39 is 0 Å². The predicted octanol–water partition coefficient (Wildman–Crippen LogP) is 3.37. The first-order valence-electron chi connectivity index (χ1n) is 5.98. The highest BCUT2D eigenvalue weighted by Gasteiger charge is 2.11. The third kappa shape index (κ3) is 3.39. The third-order valence-electron chi connectivity index (χ3n) is 2.88. The summed E-state index contributed by atoms with van der Waals surface area (Å²) in [6.45, 7) is 2.68. The highest BCUT2D eigenvalue weighted by atomic mass is 35.5. The van der Waals surface area contributed by atoms with Crippen LogP contribution in [-0.2, 0) is 0 Å². The fourth-order valence-corrected chi connectivity index (χ4v) is 2.20. The van der Waals surface area contributed by atoms with Crippen molar-refractivity contribution in [2.24, 2.45) is 0 Å². The molecule has 2 aromatic rings. The molecule has 5 heteroatoms. The van der Waals surface area contributed by atoms with E-state index in [2.05, 4.69) is 17.2 Å². The van der Waals surface area contributed by atoms with Crippen LogP contribution in [0.5, 0.6) is 0 Å². The van der Waals surface area contributed by atoms with Crippen LogP contribution in [0.2, 0.25) is 5.15 Å². The lowest BCUT2D eigenvalue weighted by Gasteiger charge is -2.10. The predicted molar refractivity (Wildman–Crippen MR) is 82.1 cm³/mol. The van der Waals surface area contributed by atoms with Gasteiger partial charge in [-0.15, -0.1) is 0 Å². The van der Waals surface area contributed by atoms with Crippen molar-refractivity contribution in [3.05, 3.63) is 41.2 Å². The number of carbonyl (C=O) groups is 1. The average Bonchev–Trinajstić information content (AvgIpc) is 2.44. The molecular weight excluding hydrogens is 280 g/mol. The summed E-state index contributed by atoms with van der Waals surface area (Å²) >= 11 is 7.81. The summed E-state index contributed by atoms with van der Waals surface area (Å²) < 4.78 is 0. The molecule has 0 fully saturated rings. The topological polar surface area (TPSA) is 42.0 Å². The van der Waals surface area contributed by atoms with Crippen LogP contribution in [0.1, 0.15) is 17.4 Å². The zero-order valence-electron chi connectivity index (χ0n) is 10.8. The molecule has 2 rings (SSSR count). The first kappa shape index (κ1) is 14.2. The summed E-state index contributed by atoms with van der Waals surface area (Å²) in [7, 11) is 0. The molecular formula is C14H15ClN2OS. The minimum Gasteiger partial charge on any atom is -0.350 e. The summed E-state index contributed by atoms with van der Waals surface area (Å²) in [5.74, 6) is -0.187. The van der Waals surface area contributed by atoms with E-state index in [1.807, 2.05) is 30.5 Å². The number of fused-ring (bicyclic) bond motifs is 1. The molecule has 0 saturated carbocycles. The molecule has 100 valence electrons. The molecule has 1 atom stereocenters. The zero-order chi connectivity index (χ0) is 13.8. The molecule has 0 radical (unpaired) electrons. The van der Waals surface area contributed by atoms with E-state index in [9.17, 15) is 4.79 Å². The Balaban J connectivity index is 2.23. The van der Waals surface area contributed by atoms with Crippen molar-refractivity contribution in [2.75, 3.05) is 12.8 Å². The standard InChI is InChI=1S/C14H15ClN2OS/c1-9(19-2)8-16-14(18)12-7-10-5-3-4-6-11(10)13(15)17-12/h3-7,9H,8H2,1-2H3,(H,16,18). The first-order valence-corrected chi connectivity index (χ1v) is 7.64. The van der Waals surface area contributed by atoms with Gasteiger partial charge in [0.1, 0.15) is 10.8 Å². The van der Waals surface area contributed by atoms with Gasteiger partial charge in [-0.05, 0) is 17.7 Å². The van der Waals surface area contributed by atoms with Crippen molar-refractivity contribution in [3.8, 4) is 0 Å². The van der Waals surface area contributed by atoms with E-state index in [1.165, 1.54) is 0 Å². The second-order valence-electron chi connectivity index (χ2n) is 4.28.